The van der Waals surface area contributed by atoms with Crippen LogP contribution in [0, 0.1) is 0 Å². The molecule has 2 aromatic rings. The van der Waals surface area contributed by atoms with E-state index in [-0.39, 0.29) is 23.6 Å². The molecule has 0 saturated carbocycles. The molecule has 2 aromatic carbocycles. The molecule has 0 aliphatic carbocycles. The fraction of sp³-hybridized carbons (Fsp3) is 0.118. The average molecular weight is 282 g/mol. The van der Waals surface area contributed by atoms with Gasteiger partial charge in [-0.3, -0.25) is 9.59 Å². The Morgan fingerprint density at radius 1 is 0.810 bits per heavy atom. The second-order valence-electron chi connectivity index (χ2n) is 4.46. The molecule has 0 N–H and O–H groups in total. The number of Topliss-reactive ketones (excluding diaryl/α,β-unsaturated/α-hetero) is 2. The fourth-order valence-corrected chi connectivity index (χ4v) is 1.91. The van der Waals surface area contributed by atoms with Crippen LogP contribution in [0.1, 0.15) is 37.5 Å². The van der Waals surface area contributed by atoms with Gasteiger partial charge in [0.25, 0.3) is 0 Å². The minimum atomic E-state index is -0.515. The molecule has 0 atom stereocenters. The van der Waals surface area contributed by atoms with Gasteiger partial charge in [0.15, 0.2) is 11.6 Å². The minimum absolute atomic E-state index is 0.228. The zero-order chi connectivity index (χ0) is 15.2. The van der Waals surface area contributed by atoms with E-state index in [0.29, 0.717) is 11.1 Å². The third-order valence-corrected chi connectivity index (χ3v) is 3.02. The van der Waals surface area contributed by atoms with Crippen LogP contribution >= 0.6 is 0 Å². The topological polar surface area (TPSA) is 60.4 Å². The number of rotatable bonds is 5. The largest absolute Gasteiger partial charge is 0.465 e. The van der Waals surface area contributed by atoms with Gasteiger partial charge in [0, 0.05) is 11.1 Å². The van der Waals surface area contributed by atoms with Crippen molar-refractivity contribution < 1.29 is 19.1 Å². The predicted octanol–water partition coefficient (Wildman–Crippen LogP) is 2.93. The molecule has 0 bridgehead atoms. The fourth-order valence-electron chi connectivity index (χ4n) is 1.91. The van der Waals surface area contributed by atoms with Crippen molar-refractivity contribution in [1.82, 2.24) is 0 Å². The van der Waals surface area contributed by atoms with Crippen LogP contribution in [0.5, 0.6) is 0 Å². The lowest BCUT2D eigenvalue weighted by Crippen LogP contribution is -2.10. The highest BCUT2D eigenvalue weighted by molar-refractivity contribution is 6.13. The second kappa shape index (κ2) is 6.61. The van der Waals surface area contributed by atoms with Gasteiger partial charge in [-0.1, -0.05) is 42.5 Å². The summed E-state index contributed by atoms with van der Waals surface area (Å²) in [6.45, 7) is 0. The van der Waals surface area contributed by atoms with Crippen LogP contribution in [0.15, 0.2) is 54.6 Å². The molecule has 4 heteroatoms. The van der Waals surface area contributed by atoms with E-state index in [1.54, 1.807) is 48.5 Å². The normalized spacial score (nSPS) is 9.95. The molecule has 0 heterocycles. The van der Waals surface area contributed by atoms with Gasteiger partial charge in [0.1, 0.15) is 0 Å². The molecule has 0 aliphatic rings. The van der Waals surface area contributed by atoms with Gasteiger partial charge in [0.05, 0.1) is 19.1 Å². The number of carbonyl (C=O) groups is 3. The molecule has 21 heavy (non-hydrogen) atoms. The van der Waals surface area contributed by atoms with E-state index in [1.807, 2.05) is 0 Å². The number of ketones is 2. The van der Waals surface area contributed by atoms with Crippen molar-refractivity contribution in [3.05, 3.63) is 71.3 Å². The first-order valence-electron chi connectivity index (χ1n) is 6.41. The van der Waals surface area contributed by atoms with Crippen molar-refractivity contribution in [2.75, 3.05) is 7.11 Å². The maximum atomic E-state index is 12.1. The van der Waals surface area contributed by atoms with Crippen LogP contribution < -0.4 is 0 Å². The predicted molar refractivity (Wildman–Crippen MR) is 77.5 cm³/mol. The number of esters is 1. The van der Waals surface area contributed by atoms with Crippen LogP contribution in [0.3, 0.4) is 0 Å². The second-order valence-corrected chi connectivity index (χ2v) is 4.46. The Morgan fingerprint density at radius 3 is 2.05 bits per heavy atom. The average Bonchev–Trinajstić information content (AvgIpc) is 2.55. The van der Waals surface area contributed by atoms with Crippen molar-refractivity contribution in [2.24, 2.45) is 0 Å². The molecule has 0 amide bonds. The summed E-state index contributed by atoms with van der Waals surface area (Å²) in [5, 5.41) is 0. The van der Waals surface area contributed by atoms with Crippen LogP contribution in [0.4, 0.5) is 0 Å². The first-order chi connectivity index (χ1) is 10.1. The minimum Gasteiger partial charge on any atom is -0.465 e. The van der Waals surface area contributed by atoms with E-state index in [9.17, 15) is 14.4 Å². The number of methoxy groups -OCH3 is 1. The van der Waals surface area contributed by atoms with Crippen LogP contribution in [0.2, 0.25) is 0 Å². The molecule has 2 rings (SSSR count). The van der Waals surface area contributed by atoms with Crippen molar-refractivity contribution in [1.29, 1.82) is 0 Å². The summed E-state index contributed by atoms with van der Waals surface area (Å²) in [5.41, 5.74) is 1.10. The SMILES string of the molecule is COC(=O)c1cccc(C(=O)CC(=O)c2ccccc2)c1. The molecule has 0 aromatic heterocycles. The van der Waals surface area contributed by atoms with E-state index >= 15 is 0 Å². The molecular formula is C17H14O4. The number of benzene rings is 2. The van der Waals surface area contributed by atoms with E-state index in [2.05, 4.69) is 4.74 Å². The van der Waals surface area contributed by atoms with Crippen molar-refractivity contribution >= 4 is 17.5 Å². The van der Waals surface area contributed by atoms with Crippen molar-refractivity contribution in [2.45, 2.75) is 6.42 Å². The summed E-state index contributed by atoms with van der Waals surface area (Å²) >= 11 is 0. The number of hydrogen-bond acceptors (Lipinski definition) is 4. The highest BCUT2D eigenvalue weighted by atomic mass is 16.5. The van der Waals surface area contributed by atoms with Crippen LogP contribution in [-0.4, -0.2) is 24.6 Å². The first-order valence-corrected chi connectivity index (χ1v) is 6.41. The molecule has 4 nitrogen and oxygen atoms in total. The van der Waals surface area contributed by atoms with E-state index < -0.39 is 5.97 Å². The van der Waals surface area contributed by atoms with Gasteiger partial charge >= 0.3 is 5.97 Å². The van der Waals surface area contributed by atoms with Crippen molar-refractivity contribution in [3.63, 3.8) is 0 Å². The first kappa shape index (κ1) is 14.7. The maximum absolute atomic E-state index is 12.1. The smallest absolute Gasteiger partial charge is 0.337 e. The summed E-state index contributed by atoms with van der Waals surface area (Å²) in [6, 6.07) is 14.8. The Morgan fingerprint density at radius 2 is 1.38 bits per heavy atom. The zero-order valence-corrected chi connectivity index (χ0v) is 11.5. The lowest BCUT2D eigenvalue weighted by atomic mass is 10.0. The van der Waals surface area contributed by atoms with Crippen molar-refractivity contribution in [3.8, 4) is 0 Å². The Hall–Kier alpha value is -2.75. The monoisotopic (exact) mass is 282 g/mol. The van der Waals surface area contributed by atoms with Gasteiger partial charge in [-0.25, -0.2) is 4.79 Å². The van der Waals surface area contributed by atoms with Gasteiger partial charge in [-0.2, -0.15) is 0 Å². The zero-order valence-electron chi connectivity index (χ0n) is 11.5. The number of carbonyl (C=O) groups excluding carboxylic acids is 3. The lowest BCUT2D eigenvalue weighted by molar-refractivity contribution is 0.0600. The maximum Gasteiger partial charge on any atom is 0.337 e. The van der Waals surface area contributed by atoms with Crippen LogP contribution in [-0.2, 0) is 4.74 Å². The van der Waals surface area contributed by atoms with Crippen LogP contribution in [0.25, 0.3) is 0 Å². The number of ether oxygens (including phenoxy) is 1. The Kier molecular flexibility index (Phi) is 4.61. The third-order valence-electron chi connectivity index (χ3n) is 3.02. The summed E-state index contributed by atoms with van der Waals surface area (Å²) in [5.74, 6) is -1.09. The van der Waals surface area contributed by atoms with E-state index in [1.165, 1.54) is 13.2 Å². The van der Waals surface area contributed by atoms with Gasteiger partial charge in [0.2, 0.25) is 0 Å². The Labute approximate surface area is 122 Å². The summed E-state index contributed by atoms with van der Waals surface area (Å²) in [7, 11) is 1.27. The molecular weight excluding hydrogens is 268 g/mol. The molecule has 0 fully saturated rings. The van der Waals surface area contributed by atoms with Gasteiger partial charge in [-0.05, 0) is 12.1 Å². The highest BCUT2D eigenvalue weighted by Gasteiger charge is 2.15. The summed E-state index contributed by atoms with van der Waals surface area (Å²) in [6.07, 6.45) is -0.228. The standard InChI is InChI=1S/C17H14O4/c1-21-17(20)14-9-5-8-13(10-14)16(19)11-15(18)12-6-3-2-4-7-12/h2-10H,11H2,1H3. The highest BCUT2D eigenvalue weighted by Crippen LogP contribution is 2.11. The summed E-state index contributed by atoms with van der Waals surface area (Å²) in [4.78, 5) is 35.5. The van der Waals surface area contributed by atoms with E-state index in [4.69, 9.17) is 0 Å². The number of hydrogen-bond donors (Lipinski definition) is 0. The Balaban J connectivity index is 2.14. The lowest BCUT2D eigenvalue weighted by Gasteiger charge is -2.04. The third kappa shape index (κ3) is 3.63. The molecule has 0 saturated heterocycles. The molecule has 0 radical (unpaired) electrons. The van der Waals surface area contributed by atoms with E-state index in [0.717, 1.165) is 0 Å². The molecule has 0 unspecified atom stereocenters. The Bertz CT molecular complexity index is 674. The quantitative estimate of drug-likeness (QED) is 0.480. The van der Waals surface area contributed by atoms with Gasteiger partial charge in [-0.15, -0.1) is 0 Å². The van der Waals surface area contributed by atoms with Gasteiger partial charge < -0.3 is 4.74 Å². The summed E-state index contributed by atoms with van der Waals surface area (Å²) < 4.78 is 4.60. The molecule has 0 spiro atoms. The molecule has 0 aliphatic heterocycles. The molecule has 106 valence electrons.